The van der Waals surface area contributed by atoms with Crippen molar-refractivity contribution in [2.45, 2.75) is 32.4 Å². The molecule has 0 aliphatic heterocycles. The molecule has 0 spiro atoms. The van der Waals surface area contributed by atoms with Gasteiger partial charge in [-0.15, -0.1) is 0 Å². The third-order valence-corrected chi connectivity index (χ3v) is 3.15. The zero-order valence-corrected chi connectivity index (χ0v) is 12.0. The van der Waals surface area contributed by atoms with Gasteiger partial charge in [0.15, 0.2) is 0 Å². The molecular weight excluding hydrogens is 262 g/mol. The van der Waals surface area contributed by atoms with Crippen LogP contribution in [-0.2, 0) is 11.3 Å². The molecule has 0 radical (unpaired) electrons. The Morgan fingerprint density at radius 2 is 2.25 bits per heavy atom. The fourth-order valence-electron chi connectivity index (χ4n) is 1.49. The standard InChI is InChI=1S/C13H21N3O4/c1-4-13(2,9-17)14-12(19)10-5-6-11(18)16(15-10)7-8-20-3/h5-6,17H,4,7-9H2,1-3H3,(H,14,19). The minimum atomic E-state index is -0.702. The van der Waals surface area contributed by atoms with E-state index in [2.05, 4.69) is 10.4 Å². The first-order chi connectivity index (χ1) is 9.45. The molecule has 0 aliphatic rings. The number of aliphatic hydroxyl groups excluding tert-OH is 1. The van der Waals surface area contributed by atoms with Gasteiger partial charge < -0.3 is 15.2 Å². The van der Waals surface area contributed by atoms with E-state index in [1.165, 1.54) is 23.9 Å². The molecule has 0 aromatic carbocycles. The summed E-state index contributed by atoms with van der Waals surface area (Å²) in [6.45, 7) is 4.05. The van der Waals surface area contributed by atoms with Crippen LogP contribution < -0.4 is 10.9 Å². The molecular formula is C13H21N3O4. The van der Waals surface area contributed by atoms with Gasteiger partial charge in [0.2, 0.25) is 0 Å². The van der Waals surface area contributed by atoms with Crippen molar-refractivity contribution in [3.8, 4) is 0 Å². The highest BCUT2D eigenvalue weighted by Crippen LogP contribution is 2.08. The number of methoxy groups -OCH3 is 1. The maximum Gasteiger partial charge on any atom is 0.272 e. The highest BCUT2D eigenvalue weighted by Gasteiger charge is 2.24. The minimum absolute atomic E-state index is 0.133. The Morgan fingerprint density at radius 3 is 2.80 bits per heavy atom. The number of carbonyl (C=O) groups excluding carboxylic acids is 1. The van der Waals surface area contributed by atoms with Crippen molar-refractivity contribution < 1.29 is 14.6 Å². The van der Waals surface area contributed by atoms with Gasteiger partial charge in [-0.05, 0) is 19.4 Å². The van der Waals surface area contributed by atoms with E-state index < -0.39 is 11.4 Å². The van der Waals surface area contributed by atoms with Crippen molar-refractivity contribution in [1.29, 1.82) is 0 Å². The summed E-state index contributed by atoms with van der Waals surface area (Å²) in [7, 11) is 1.52. The van der Waals surface area contributed by atoms with Gasteiger partial charge in [-0.3, -0.25) is 9.59 Å². The second-order valence-corrected chi connectivity index (χ2v) is 4.80. The van der Waals surface area contributed by atoms with Crippen LogP contribution in [0.3, 0.4) is 0 Å². The van der Waals surface area contributed by atoms with Crippen molar-refractivity contribution in [3.63, 3.8) is 0 Å². The van der Waals surface area contributed by atoms with Crippen LogP contribution >= 0.6 is 0 Å². The molecule has 0 bridgehead atoms. The maximum absolute atomic E-state index is 12.1. The normalized spacial score (nSPS) is 13.8. The van der Waals surface area contributed by atoms with E-state index in [4.69, 9.17) is 4.74 Å². The number of aromatic nitrogens is 2. The minimum Gasteiger partial charge on any atom is -0.394 e. The molecule has 1 aromatic rings. The smallest absolute Gasteiger partial charge is 0.272 e. The lowest BCUT2D eigenvalue weighted by atomic mass is 10.00. The molecule has 7 nitrogen and oxygen atoms in total. The molecule has 20 heavy (non-hydrogen) atoms. The van der Waals surface area contributed by atoms with E-state index in [0.29, 0.717) is 13.0 Å². The summed E-state index contributed by atoms with van der Waals surface area (Å²) in [5, 5.41) is 16.0. The third-order valence-electron chi connectivity index (χ3n) is 3.15. The largest absolute Gasteiger partial charge is 0.394 e. The SMILES string of the molecule is CCC(C)(CO)NC(=O)c1ccc(=O)n(CCOC)n1. The number of amides is 1. The molecule has 1 aromatic heterocycles. The zero-order valence-electron chi connectivity index (χ0n) is 12.0. The average molecular weight is 283 g/mol. The first-order valence-corrected chi connectivity index (χ1v) is 6.46. The lowest BCUT2D eigenvalue weighted by Gasteiger charge is -2.26. The highest BCUT2D eigenvalue weighted by atomic mass is 16.5. The Labute approximate surface area is 117 Å². The maximum atomic E-state index is 12.1. The van der Waals surface area contributed by atoms with Crippen molar-refractivity contribution in [1.82, 2.24) is 15.1 Å². The van der Waals surface area contributed by atoms with E-state index in [-0.39, 0.29) is 24.4 Å². The number of hydrogen-bond acceptors (Lipinski definition) is 5. The second-order valence-electron chi connectivity index (χ2n) is 4.80. The first kappa shape index (κ1) is 16.3. The van der Waals surface area contributed by atoms with Gasteiger partial charge >= 0.3 is 0 Å². The average Bonchev–Trinajstić information content (AvgIpc) is 2.46. The van der Waals surface area contributed by atoms with Crippen LogP contribution in [-0.4, -0.2) is 46.7 Å². The zero-order chi connectivity index (χ0) is 15.2. The van der Waals surface area contributed by atoms with Crippen LogP contribution in [0.5, 0.6) is 0 Å². The lowest BCUT2D eigenvalue weighted by molar-refractivity contribution is 0.0839. The molecule has 0 fully saturated rings. The van der Waals surface area contributed by atoms with Gasteiger partial charge in [0.05, 0.1) is 25.3 Å². The van der Waals surface area contributed by atoms with Crippen LogP contribution in [0.25, 0.3) is 0 Å². The van der Waals surface area contributed by atoms with Gasteiger partial charge in [0, 0.05) is 13.2 Å². The first-order valence-electron chi connectivity index (χ1n) is 6.46. The number of hydrogen-bond donors (Lipinski definition) is 2. The quantitative estimate of drug-likeness (QED) is 0.721. The number of nitrogens with zero attached hydrogens (tertiary/aromatic N) is 2. The van der Waals surface area contributed by atoms with Crippen LogP contribution in [0.2, 0.25) is 0 Å². The molecule has 0 saturated carbocycles. The summed E-state index contributed by atoms with van der Waals surface area (Å²) < 4.78 is 6.06. The number of aliphatic hydroxyl groups is 1. The summed E-state index contributed by atoms with van der Waals surface area (Å²) in [5.41, 5.74) is -0.862. The van der Waals surface area contributed by atoms with E-state index in [0.717, 1.165) is 0 Å². The van der Waals surface area contributed by atoms with Gasteiger partial charge in [-0.2, -0.15) is 5.10 Å². The molecule has 2 N–H and O–H groups in total. The van der Waals surface area contributed by atoms with Gasteiger partial charge in [-0.1, -0.05) is 6.92 Å². The molecule has 7 heteroatoms. The topological polar surface area (TPSA) is 93.5 Å². The Hall–Kier alpha value is -1.73. The second kappa shape index (κ2) is 7.16. The number of carbonyl (C=O) groups is 1. The Balaban J connectivity index is 2.91. The molecule has 1 amide bonds. The van der Waals surface area contributed by atoms with Gasteiger partial charge in [0.1, 0.15) is 5.69 Å². The van der Waals surface area contributed by atoms with E-state index >= 15 is 0 Å². The summed E-state index contributed by atoms with van der Waals surface area (Å²) in [6.07, 6.45) is 0.582. The lowest BCUT2D eigenvalue weighted by Crippen LogP contribution is -2.49. The third kappa shape index (κ3) is 4.14. The van der Waals surface area contributed by atoms with Crippen LogP contribution in [0.1, 0.15) is 30.8 Å². The van der Waals surface area contributed by atoms with Gasteiger partial charge in [-0.25, -0.2) is 4.68 Å². The van der Waals surface area contributed by atoms with Crippen molar-refractivity contribution >= 4 is 5.91 Å². The molecule has 112 valence electrons. The van der Waals surface area contributed by atoms with Crippen LogP contribution in [0.15, 0.2) is 16.9 Å². The number of ether oxygens (including phenoxy) is 1. The molecule has 1 heterocycles. The molecule has 0 saturated heterocycles. The molecule has 1 unspecified atom stereocenters. The number of rotatable bonds is 7. The van der Waals surface area contributed by atoms with Crippen molar-refractivity contribution in [2.24, 2.45) is 0 Å². The highest BCUT2D eigenvalue weighted by molar-refractivity contribution is 5.92. The van der Waals surface area contributed by atoms with Crippen LogP contribution in [0.4, 0.5) is 0 Å². The Kier molecular flexibility index (Phi) is 5.84. The van der Waals surface area contributed by atoms with Crippen LogP contribution in [0, 0.1) is 0 Å². The molecule has 0 aliphatic carbocycles. The van der Waals surface area contributed by atoms with Gasteiger partial charge in [0.25, 0.3) is 11.5 Å². The molecule has 1 atom stereocenters. The molecule has 1 rings (SSSR count). The summed E-state index contributed by atoms with van der Waals surface area (Å²) >= 11 is 0. The fourth-order valence-corrected chi connectivity index (χ4v) is 1.49. The summed E-state index contributed by atoms with van der Waals surface area (Å²) in [6, 6.07) is 2.66. The predicted octanol–water partition coefficient (Wildman–Crippen LogP) is -0.219. The van der Waals surface area contributed by atoms with E-state index in [1.807, 2.05) is 6.92 Å². The summed E-state index contributed by atoms with van der Waals surface area (Å²) in [4.78, 5) is 23.7. The van der Waals surface area contributed by atoms with E-state index in [1.54, 1.807) is 6.92 Å². The predicted molar refractivity (Wildman–Crippen MR) is 73.6 cm³/mol. The summed E-state index contributed by atoms with van der Waals surface area (Å²) in [5.74, 6) is -0.422. The van der Waals surface area contributed by atoms with E-state index in [9.17, 15) is 14.7 Å². The fraction of sp³-hybridized carbons (Fsp3) is 0.615. The monoisotopic (exact) mass is 283 g/mol. The van der Waals surface area contributed by atoms with Crippen molar-refractivity contribution in [2.75, 3.05) is 20.3 Å². The Bertz CT molecular complexity index is 509. The van der Waals surface area contributed by atoms with Crippen molar-refractivity contribution in [3.05, 3.63) is 28.2 Å². The number of nitrogens with one attached hydrogen (secondary N) is 1. The Morgan fingerprint density at radius 1 is 1.55 bits per heavy atom.